The van der Waals surface area contributed by atoms with Crippen LogP contribution < -0.4 is 0 Å². The van der Waals surface area contributed by atoms with Gasteiger partial charge in [-0.1, -0.05) is 0 Å². The summed E-state index contributed by atoms with van der Waals surface area (Å²) in [6.45, 7) is 1.93. The summed E-state index contributed by atoms with van der Waals surface area (Å²) in [4.78, 5) is 0. The first-order chi connectivity index (χ1) is 1.41. The fraction of sp³-hybridized carbons (Fsp3) is 1.00. The summed E-state index contributed by atoms with van der Waals surface area (Å²) < 4.78 is 0. The van der Waals surface area contributed by atoms with Crippen molar-refractivity contribution in [2.24, 2.45) is 0 Å². The zero-order valence-corrected chi connectivity index (χ0v) is 9.36. The first-order valence-electron chi connectivity index (χ1n) is 1.02. The van der Waals surface area contributed by atoms with Crippen LogP contribution in [0.25, 0.3) is 0 Å². The van der Waals surface area contributed by atoms with Crippen LogP contribution in [0.1, 0.15) is 6.92 Å². The molecular weight excluding hydrogens is 225 g/mol. The van der Waals surface area contributed by atoms with Crippen molar-refractivity contribution >= 4 is 48.9 Å². The van der Waals surface area contributed by atoms with E-state index >= 15 is 0 Å². The van der Waals surface area contributed by atoms with Crippen molar-refractivity contribution in [1.29, 1.82) is 0 Å². The second-order valence-electron chi connectivity index (χ2n) is 0.316. The third kappa shape index (κ3) is 22.3. The monoisotopic (exact) mass is 232 g/mol. The van der Waals surface area contributed by atoms with Gasteiger partial charge >= 0.3 is 0 Å². The van der Waals surface area contributed by atoms with Gasteiger partial charge in [0.1, 0.15) is 0 Å². The van der Waals surface area contributed by atoms with Crippen LogP contribution in [0.4, 0.5) is 0 Å². The molecule has 0 heterocycles. The van der Waals surface area contributed by atoms with Crippen molar-refractivity contribution in [2.45, 2.75) is 6.92 Å². The van der Waals surface area contributed by atoms with Gasteiger partial charge in [0.2, 0.25) is 0 Å². The quantitative estimate of drug-likeness (QED) is 0.563. The summed E-state index contributed by atoms with van der Waals surface area (Å²) in [7, 11) is 0. The molecule has 0 saturated heterocycles. The van der Waals surface area contributed by atoms with Crippen molar-refractivity contribution in [1.82, 2.24) is 0 Å². The molecule has 0 spiro atoms. The summed E-state index contributed by atoms with van der Waals surface area (Å²) in [5.74, 6) is 0. The normalized spacial score (nSPS) is 3.60. The van der Waals surface area contributed by atoms with Crippen LogP contribution >= 0.6 is 0 Å². The molecule has 3 heteroatoms. The van der Waals surface area contributed by atoms with E-state index in [1.165, 1.54) is 0 Å². The molecule has 0 unspecified atom stereocenters. The van der Waals surface area contributed by atoms with E-state index in [0.717, 1.165) is 0 Å². The molecule has 0 fully saturated rings. The van der Waals surface area contributed by atoms with E-state index in [-0.39, 0.29) is 77.2 Å². The summed E-state index contributed by atoms with van der Waals surface area (Å²) in [6.07, 6.45) is 0. The Balaban J connectivity index is -0.0000000200. The Hall–Kier alpha value is 2.25. The van der Waals surface area contributed by atoms with Gasteiger partial charge in [0.15, 0.2) is 0 Å². The molecule has 0 atom stereocenters. The molecule has 26 valence electrons. The van der Waals surface area contributed by atoms with Crippen molar-refractivity contribution in [3.8, 4) is 0 Å². The van der Waals surface area contributed by atoms with E-state index in [4.69, 9.17) is 5.11 Å². The molecule has 0 aliphatic carbocycles. The Kier molecular flexibility index (Phi) is 51.2. The predicted octanol–water partition coefficient (Wildman–Crippen LogP) is -0.385. The van der Waals surface area contributed by atoms with E-state index in [9.17, 15) is 0 Å². The molecule has 0 aromatic rings. The predicted molar refractivity (Wildman–Crippen MR) is 18.5 cm³/mol. The van der Waals surface area contributed by atoms with Crippen LogP contribution in [0.2, 0.25) is 0 Å². The van der Waals surface area contributed by atoms with Crippen LogP contribution in [-0.2, 0) is 21.7 Å². The van der Waals surface area contributed by atoms with E-state index in [0.29, 0.717) is 0 Å². The molecule has 2 radical (unpaired) electrons. The molecule has 0 saturated carbocycles. The zero-order valence-electron chi connectivity index (χ0n) is 3.36. The van der Waals surface area contributed by atoms with Crippen molar-refractivity contribution in [3.63, 3.8) is 0 Å². The number of hydrogen-bond donors (Lipinski definition) is 1. The Morgan fingerprint density at radius 2 is 1.60 bits per heavy atom. The second-order valence-corrected chi connectivity index (χ2v) is 0.316. The number of aliphatic hydroxyl groups is 1. The SMILES string of the molecule is CCO.[Ba].[Ti]. The maximum atomic E-state index is 7.57. The third-order valence-corrected chi connectivity index (χ3v) is 0. The van der Waals surface area contributed by atoms with Gasteiger partial charge in [0.05, 0.1) is 0 Å². The standard InChI is InChI=1S/C2H6O.Ba.Ti/c1-2-3;;/h3H,2H2,1H3;;. The van der Waals surface area contributed by atoms with Crippen LogP contribution in [0.3, 0.4) is 0 Å². The van der Waals surface area contributed by atoms with Gasteiger partial charge in [-0.25, -0.2) is 0 Å². The first-order valence-corrected chi connectivity index (χ1v) is 1.02. The largest absolute Gasteiger partial charge is 0.397 e. The first kappa shape index (κ1) is 15.7. The third-order valence-electron chi connectivity index (χ3n) is 0. The molecule has 1 nitrogen and oxygen atoms in total. The molecular formula is C2H6BaOTi. The van der Waals surface area contributed by atoms with Gasteiger partial charge in [0, 0.05) is 77.2 Å². The minimum atomic E-state index is 0. The van der Waals surface area contributed by atoms with E-state index in [2.05, 4.69) is 0 Å². The smallest absolute Gasteiger partial charge is 0.0402 e. The summed E-state index contributed by atoms with van der Waals surface area (Å²) in [6, 6.07) is 0. The second kappa shape index (κ2) is 16.3. The van der Waals surface area contributed by atoms with Crippen LogP contribution in [0.5, 0.6) is 0 Å². The van der Waals surface area contributed by atoms with E-state index < -0.39 is 0 Å². The van der Waals surface area contributed by atoms with Crippen LogP contribution in [-0.4, -0.2) is 60.6 Å². The topological polar surface area (TPSA) is 20.2 Å². The molecule has 5 heavy (non-hydrogen) atoms. The number of hydrogen-bond acceptors (Lipinski definition) is 1. The number of aliphatic hydroxyl groups excluding tert-OH is 1. The van der Waals surface area contributed by atoms with Crippen molar-refractivity contribution in [3.05, 3.63) is 0 Å². The molecule has 0 rings (SSSR count). The maximum absolute atomic E-state index is 7.57. The Labute approximate surface area is 87.5 Å². The van der Waals surface area contributed by atoms with Gasteiger partial charge in [0.25, 0.3) is 0 Å². The Morgan fingerprint density at radius 1 is 1.60 bits per heavy atom. The number of rotatable bonds is 0. The van der Waals surface area contributed by atoms with Crippen molar-refractivity contribution < 1.29 is 26.8 Å². The zero-order chi connectivity index (χ0) is 2.71. The molecule has 0 aliphatic heterocycles. The molecule has 0 amide bonds. The molecule has 0 bridgehead atoms. The van der Waals surface area contributed by atoms with E-state index in [1.807, 2.05) is 0 Å². The molecule has 0 aromatic carbocycles. The Bertz CT molecular complexity index is 9.61. The van der Waals surface area contributed by atoms with Gasteiger partial charge < -0.3 is 5.11 Å². The fourth-order valence-electron chi connectivity index (χ4n) is 0. The van der Waals surface area contributed by atoms with E-state index in [1.54, 1.807) is 6.92 Å². The Morgan fingerprint density at radius 3 is 1.60 bits per heavy atom. The maximum Gasteiger partial charge on any atom is 0.0402 e. The van der Waals surface area contributed by atoms with Gasteiger partial charge in [-0.2, -0.15) is 0 Å². The molecule has 0 aromatic heterocycles. The molecule has 1 N–H and O–H groups in total. The van der Waals surface area contributed by atoms with Crippen LogP contribution in [0.15, 0.2) is 0 Å². The van der Waals surface area contributed by atoms with Gasteiger partial charge in [-0.3, -0.25) is 0 Å². The summed E-state index contributed by atoms with van der Waals surface area (Å²) in [5, 5.41) is 7.57. The molecule has 0 aliphatic rings. The minimum Gasteiger partial charge on any atom is -0.397 e. The van der Waals surface area contributed by atoms with Crippen molar-refractivity contribution in [2.75, 3.05) is 6.61 Å². The summed E-state index contributed by atoms with van der Waals surface area (Å²) >= 11 is 0. The van der Waals surface area contributed by atoms with Gasteiger partial charge in [-0.05, 0) is 6.92 Å². The minimum absolute atomic E-state index is 0. The average molecular weight is 231 g/mol. The van der Waals surface area contributed by atoms with Gasteiger partial charge in [-0.15, -0.1) is 0 Å². The fourth-order valence-corrected chi connectivity index (χ4v) is 0. The van der Waals surface area contributed by atoms with Crippen LogP contribution in [0, 0.1) is 0 Å². The average Bonchev–Trinajstić information content (AvgIpc) is 0.918. The summed E-state index contributed by atoms with van der Waals surface area (Å²) in [5.41, 5.74) is 0.